The fraction of sp³-hybridized carbons (Fsp3) is 0.409. The molecule has 0 aromatic carbocycles. The summed E-state index contributed by atoms with van der Waals surface area (Å²) in [5.41, 5.74) is -0.853. The zero-order chi connectivity index (χ0) is 26.6. The Morgan fingerprint density at radius 3 is 2.39 bits per heavy atom. The van der Waals surface area contributed by atoms with Crippen molar-refractivity contribution in [1.29, 1.82) is 0 Å². The van der Waals surface area contributed by atoms with Crippen LogP contribution in [0.4, 0.5) is 13.2 Å². The van der Waals surface area contributed by atoms with Gasteiger partial charge in [0.1, 0.15) is 16.9 Å². The molecule has 0 atom stereocenters. The van der Waals surface area contributed by atoms with Gasteiger partial charge in [0, 0.05) is 32.2 Å². The minimum atomic E-state index is -4.62. The fourth-order valence-electron chi connectivity index (χ4n) is 3.48. The predicted molar refractivity (Wildman–Crippen MR) is 125 cm³/mol. The third-order valence-electron chi connectivity index (χ3n) is 5.42. The Morgan fingerprint density at radius 2 is 1.78 bits per heavy atom. The van der Waals surface area contributed by atoms with Gasteiger partial charge in [0.15, 0.2) is 26.2 Å². The van der Waals surface area contributed by atoms with Crippen LogP contribution in [-0.4, -0.2) is 55.8 Å². The molecule has 0 aliphatic rings. The number of nitrogens with zero attached hydrogens (tertiary/aromatic N) is 6. The van der Waals surface area contributed by atoms with Crippen molar-refractivity contribution < 1.29 is 26.4 Å². The molecule has 192 valence electrons. The Balaban J connectivity index is 1.91. The molecule has 4 heterocycles. The monoisotopic (exact) mass is 523 g/mol. The molecule has 0 spiro atoms. The predicted octanol–water partition coefficient (Wildman–Crippen LogP) is 3.27. The van der Waals surface area contributed by atoms with Crippen molar-refractivity contribution in [2.45, 2.75) is 38.9 Å². The third-order valence-corrected chi connectivity index (χ3v) is 7.05. The van der Waals surface area contributed by atoms with E-state index >= 15 is 0 Å². The van der Waals surface area contributed by atoms with Gasteiger partial charge in [0.25, 0.3) is 5.91 Å². The van der Waals surface area contributed by atoms with E-state index in [0.717, 1.165) is 10.6 Å². The minimum Gasteiger partial charge on any atom is -0.351 e. The number of fused-ring (bicyclic) bond motifs is 2. The number of imidazole rings is 1. The van der Waals surface area contributed by atoms with Gasteiger partial charge in [-0.25, -0.2) is 27.9 Å². The largest absolute Gasteiger partial charge is 0.417 e. The lowest BCUT2D eigenvalue weighted by Gasteiger charge is -2.18. The maximum Gasteiger partial charge on any atom is 0.417 e. The number of pyridine rings is 1. The Labute approximate surface area is 204 Å². The van der Waals surface area contributed by atoms with E-state index in [1.54, 1.807) is 0 Å². The van der Waals surface area contributed by atoms with Gasteiger partial charge in [-0.05, 0) is 11.5 Å². The second-order valence-electron chi connectivity index (χ2n) is 9.50. The number of halogens is 3. The molecule has 4 aromatic heterocycles. The molecule has 1 N–H and O–H groups in total. The molecule has 4 aromatic rings. The number of aryl methyl sites for hydroxylation is 1. The number of amides is 1. The molecule has 0 aliphatic heterocycles. The first kappa shape index (κ1) is 25.5. The van der Waals surface area contributed by atoms with Crippen LogP contribution in [0.5, 0.6) is 0 Å². The van der Waals surface area contributed by atoms with Crippen LogP contribution in [-0.2, 0) is 23.1 Å². The lowest BCUT2D eigenvalue weighted by molar-refractivity contribution is -0.137. The van der Waals surface area contributed by atoms with Crippen LogP contribution in [0, 0.1) is 5.41 Å². The molecule has 10 nitrogen and oxygen atoms in total. The van der Waals surface area contributed by atoms with Crippen molar-refractivity contribution >= 4 is 32.6 Å². The summed E-state index contributed by atoms with van der Waals surface area (Å²) in [5.74, 6) is -0.678. The van der Waals surface area contributed by atoms with Gasteiger partial charge in [0.05, 0.1) is 16.9 Å². The van der Waals surface area contributed by atoms with E-state index in [9.17, 15) is 26.4 Å². The Hall–Kier alpha value is -3.55. The molecule has 4 rings (SSSR count). The summed E-state index contributed by atoms with van der Waals surface area (Å²) in [7, 11) is -2.41. The molecule has 0 saturated carbocycles. The Bertz CT molecular complexity index is 1600. The number of hydrogen-bond acceptors (Lipinski definition) is 7. The summed E-state index contributed by atoms with van der Waals surface area (Å²) in [6, 6.07) is 0.844. The van der Waals surface area contributed by atoms with E-state index in [0.29, 0.717) is 12.7 Å². The highest BCUT2D eigenvalue weighted by molar-refractivity contribution is 7.91. The molecule has 0 saturated heterocycles. The van der Waals surface area contributed by atoms with E-state index in [-0.39, 0.29) is 50.0 Å². The number of sulfone groups is 1. The number of nitrogens with one attached hydrogen (secondary N) is 1. The zero-order valence-corrected chi connectivity index (χ0v) is 21.0. The molecule has 0 aliphatic carbocycles. The molecule has 1 amide bonds. The average Bonchev–Trinajstić information content (AvgIpc) is 3.33. The number of carbonyl (C=O) groups excluding carboxylic acids is 1. The second kappa shape index (κ2) is 8.54. The molecule has 36 heavy (non-hydrogen) atoms. The van der Waals surface area contributed by atoms with Crippen molar-refractivity contribution in [3.05, 3.63) is 35.8 Å². The first-order valence-electron chi connectivity index (χ1n) is 10.9. The molecular formula is C22H24F3N7O3S. The molecule has 0 radical (unpaired) electrons. The van der Waals surface area contributed by atoms with Crippen LogP contribution < -0.4 is 5.32 Å². The van der Waals surface area contributed by atoms with Crippen molar-refractivity contribution in [2.75, 3.05) is 12.3 Å². The summed E-state index contributed by atoms with van der Waals surface area (Å²) in [5, 5.41) is 6.62. The summed E-state index contributed by atoms with van der Waals surface area (Å²) >= 11 is 0. The summed E-state index contributed by atoms with van der Waals surface area (Å²) in [4.78, 5) is 25.0. The lowest BCUT2D eigenvalue weighted by atomic mass is 9.97. The first-order valence-corrected chi connectivity index (χ1v) is 12.6. The molecule has 0 fully saturated rings. The molecule has 14 heteroatoms. The van der Waals surface area contributed by atoms with Crippen LogP contribution in [0.15, 0.2) is 29.7 Å². The van der Waals surface area contributed by atoms with E-state index in [2.05, 4.69) is 25.4 Å². The topological polar surface area (TPSA) is 124 Å². The van der Waals surface area contributed by atoms with E-state index < -0.39 is 27.5 Å². The quantitative estimate of drug-likeness (QED) is 0.426. The maximum atomic E-state index is 13.2. The Morgan fingerprint density at radius 1 is 1.11 bits per heavy atom. The van der Waals surface area contributed by atoms with E-state index in [1.165, 1.54) is 30.9 Å². The highest BCUT2D eigenvalue weighted by Gasteiger charge is 2.33. The lowest BCUT2D eigenvalue weighted by Crippen LogP contribution is -2.32. The van der Waals surface area contributed by atoms with Gasteiger partial charge in [-0.2, -0.15) is 18.3 Å². The van der Waals surface area contributed by atoms with Gasteiger partial charge < -0.3 is 9.88 Å². The van der Waals surface area contributed by atoms with Gasteiger partial charge in [-0.15, -0.1) is 0 Å². The van der Waals surface area contributed by atoms with Crippen LogP contribution in [0.1, 0.15) is 43.6 Å². The highest BCUT2D eigenvalue weighted by atomic mass is 32.2. The molecule has 0 unspecified atom stereocenters. The average molecular weight is 524 g/mol. The van der Waals surface area contributed by atoms with Crippen molar-refractivity contribution in [1.82, 2.24) is 34.4 Å². The number of carbonyl (C=O) groups is 1. The standard InChI is InChI=1S/C22H24F3N7O3S/c1-6-36(34,35)20-15(18-29-14-7-13(22(23,24)25)9-27-16(14)31(18)5)17-26-8-12(10-32(17)30-20)19(33)28-11-21(2,3)4/h7-10H,6,11H2,1-5H3,(H,28,33). The summed E-state index contributed by atoms with van der Waals surface area (Å²) in [6.45, 7) is 7.71. The van der Waals surface area contributed by atoms with Crippen molar-refractivity contribution in [2.24, 2.45) is 12.5 Å². The first-order chi connectivity index (χ1) is 16.6. The van der Waals surface area contributed by atoms with Crippen LogP contribution in [0.2, 0.25) is 0 Å². The second-order valence-corrected chi connectivity index (χ2v) is 11.7. The van der Waals surface area contributed by atoms with E-state index in [1.807, 2.05) is 20.8 Å². The zero-order valence-electron chi connectivity index (χ0n) is 20.2. The fourth-order valence-corrected chi connectivity index (χ4v) is 4.46. The normalized spacial score (nSPS) is 13.0. The Kier molecular flexibility index (Phi) is 6.06. The molecule has 0 bridgehead atoms. The summed E-state index contributed by atoms with van der Waals surface area (Å²) in [6.07, 6.45) is -1.30. The van der Waals surface area contributed by atoms with Crippen molar-refractivity contribution in [3.8, 4) is 11.4 Å². The van der Waals surface area contributed by atoms with Crippen LogP contribution in [0.25, 0.3) is 28.2 Å². The number of alkyl halides is 3. The number of hydrogen-bond donors (Lipinski definition) is 1. The van der Waals surface area contributed by atoms with E-state index in [4.69, 9.17) is 0 Å². The van der Waals surface area contributed by atoms with Gasteiger partial charge in [0.2, 0.25) is 0 Å². The number of aromatic nitrogens is 6. The third kappa shape index (κ3) is 4.64. The smallest absolute Gasteiger partial charge is 0.351 e. The van der Waals surface area contributed by atoms with Crippen LogP contribution in [0.3, 0.4) is 0 Å². The molecular weight excluding hydrogens is 499 g/mol. The SMILES string of the molecule is CCS(=O)(=O)c1nn2cc(C(=O)NCC(C)(C)C)cnc2c1-c1nc2cc(C(F)(F)F)cnc2n1C. The van der Waals surface area contributed by atoms with Crippen LogP contribution >= 0.6 is 0 Å². The van der Waals surface area contributed by atoms with Crippen molar-refractivity contribution in [3.63, 3.8) is 0 Å². The van der Waals surface area contributed by atoms with Gasteiger partial charge in [-0.1, -0.05) is 27.7 Å². The number of rotatable bonds is 5. The van der Waals surface area contributed by atoms with Gasteiger partial charge in [-0.3, -0.25) is 4.79 Å². The summed E-state index contributed by atoms with van der Waals surface area (Å²) < 4.78 is 67.9. The maximum absolute atomic E-state index is 13.2. The minimum absolute atomic E-state index is 0.00700. The highest BCUT2D eigenvalue weighted by Crippen LogP contribution is 2.34. The van der Waals surface area contributed by atoms with Gasteiger partial charge >= 0.3 is 6.18 Å².